The zero-order valence-electron chi connectivity index (χ0n) is 10.8. The van der Waals surface area contributed by atoms with E-state index in [9.17, 15) is 5.11 Å². The minimum atomic E-state index is -0.507. The fourth-order valence-corrected chi connectivity index (χ4v) is 2.57. The monoisotopic (exact) mass is 254 g/mol. The summed E-state index contributed by atoms with van der Waals surface area (Å²) in [5.74, 6) is 0. The molecule has 1 aliphatic rings. The largest absolute Gasteiger partial charge is 0.386 e. The summed E-state index contributed by atoms with van der Waals surface area (Å²) in [4.78, 5) is 0. The van der Waals surface area contributed by atoms with Gasteiger partial charge in [-0.05, 0) is 29.5 Å². The van der Waals surface area contributed by atoms with Crippen molar-refractivity contribution < 1.29 is 9.84 Å². The molecule has 1 heterocycles. The van der Waals surface area contributed by atoms with E-state index in [4.69, 9.17) is 4.74 Å². The lowest BCUT2D eigenvalue weighted by atomic mass is 9.98. The van der Waals surface area contributed by atoms with Gasteiger partial charge >= 0.3 is 0 Å². The third kappa shape index (κ3) is 2.70. The van der Waals surface area contributed by atoms with E-state index >= 15 is 0 Å². The Morgan fingerprint density at radius 2 is 1.63 bits per heavy atom. The van der Waals surface area contributed by atoms with E-state index < -0.39 is 6.10 Å². The van der Waals surface area contributed by atoms with Crippen molar-refractivity contribution in [3.63, 3.8) is 0 Å². The average molecular weight is 254 g/mol. The molecule has 0 radical (unpaired) electrons. The maximum absolute atomic E-state index is 10.3. The second kappa shape index (κ2) is 5.55. The molecule has 0 amide bonds. The predicted molar refractivity (Wildman–Crippen MR) is 75.8 cm³/mol. The average Bonchev–Trinajstić information content (AvgIpc) is 3.02. The predicted octanol–water partition coefficient (Wildman–Crippen LogP) is 3.57. The normalized spacial score (nSPS) is 20.4. The van der Waals surface area contributed by atoms with Gasteiger partial charge in [0, 0.05) is 6.61 Å². The highest BCUT2D eigenvalue weighted by Gasteiger charge is 2.25. The second-order valence-electron chi connectivity index (χ2n) is 4.98. The van der Waals surface area contributed by atoms with Gasteiger partial charge in [0.1, 0.15) is 6.10 Å². The molecular formula is C17H18O2. The first-order valence-electron chi connectivity index (χ1n) is 6.79. The molecule has 1 fully saturated rings. The van der Waals surface area contributed by atoms with Gasteiger partial charge in [-0.1, -0.05) is 54.6 Å². The van der Waals surface area contributed by atoms with Crippen molar-refractivity contribution in [3.8, 4) is 11.1 Å². The molecule has 2 aromatic rings. The maximum atomic E-state index is 10.3. The summed E-state index contributed by atoms with van der Waals surface area (Å²) < 4.78 is 5.53. The summed E-state index contributed by atoms with van der Waals surface area (Å²) in [6.07, 6.45) is 1.45. The lowest BCUT2D eigenvalue weighted by Crippen LogP contribution is -2.16. The van der Waals surface area contributed by atoms with Crippen molar-refractivity contribution in [1.82, 2.24) is 0 Å². The van der Waals surface area contributed by atoms with Crippen molar-refractivity contribution in [2.75, 3.05) is 6.61 Å². The fraction of sp³-hybridized carbons (Fsp3) is 0.294. The standard InChI is InChI=1S/C17H18O2/c18-17(16-7-4-12-19-16)15-10-8-14(9-11-15)13-5-2-1-3-6-13/h1-3,5-6,8-11,16-18H,4,7,12H2/t16-,17-/m1/s1. The van der Waals surface area contributed by atoms with Crippen LogP contribution >= 0.6 is 0 Å². The van der Waals surface area contributed by atoms with Crippen LogP contribution in [-0.4, -0.2) is 17.8 Å². The van der Waals surface area contributed by atoms with Gasteiger partial charge in [-0.3, -0.25) is 0 Å². The second-order valence-corrected chi connectivity index (χ2v) is 4.98. The van der Waals surface area contributed by atoms with E-state index in [1.165, 1.54) is 11.1 Å². The Kier molecular flexibility index (Phi) is 3.62. The Bertz CT molecular complexity index is 513. The molecule has 1 saturated heterocycles. The lowest BCUT2D eigenvalue weighted by Gasteiger charge is -2.18. The highest BCUT2D eigenvalue weighted by molar-refractivity contribution is 5.63. The summed E-state index contributed by atoms with van der Waals surface area (Å²) in [6.45, 7) is 0.768. The van der Waals surface area contributed by atoms with Crippen LogP contribution < -0.4 is 0 Å². The van der Waals surface area contributed by atoms with Crippen LogP contribution in [0.4, 0.5) is 0 Å². The molecule has 1 aliphatic heterocycles. The van der Waals surface area contributed by atoms with Crippen molar-refractivity contribution in [2.45, 2.75) is 25.0 Å². The van der Waals surface area contributed by atoms with Crippen LogP contribution in [0.25, 0.3) is 11.1 Å². The molecule has 0 bridgehead atoms. The molecular weight excluding hydrogens is 236 g/mol. The summed E-state index contributed by atoms with van der Waals surface area (Å²) in [6, 6.07) is 18.4. The SMILES string of the molecule is O[C@H](c1ccc(-c2ccccc2)cc1)[C@H]1CCCO1. The van der Waals surface area contributed by atoms with Crippen molar-refractivity contribution >= 4 is 0 Å². The van der Waals surface area contributed by atoms with Gasteiger partial charge in [-0.15, -0.1) is 0 Å². The van der Waals surface area contributed by atoms with Crippen molar-refractivity contribution in [3.05, 3.63) is 60.2 Å². The molecule has 0 saturated carbocycles. The van der Waals surface area contributed by atoms with Crippen LogP contribution in [-0.2, 0) is 4.74 Å². The van der Waals surface area contributed by atoms with Crippen LogP contribution in [0.5, 0.6) is 0 Å². The number of hydrogen-bond acceptors (Lipinski definition) is 2. The van der Waals surface area contributed by atoms with Gasteiger partial charge in [-0.25, -0.2) is 0 Å². The Morgan fingerprint density at radius 1 is 0.947 bits per heavy atom. The molecule has 2 atom stereocenters. The zero-order chi connectivity index (χ0) is 13.1. The molecule has 2 aromatic carbocycles. The molecule has 2 nitrogen and oxygen atoms in total. The van der Waals surface area contributed by atoms with Crippen LogP contribution in [0.2, 0.25) is 0 Å². The van der Waals surface area contributed by atoms with E-state index in [1.807, 2.05) is 30.3 Å². The van der Waals surface area contributed by atoms with E-state index in [0.717, 1.165) is 25.0 Å². The first-order chi connectivity index (χ1) is 9.34. The Morgan fingerprint density at radius 3 is 2.26 bits per heavy atom. The number of hydrogen-bond donors (Lipinski definition) is 1. The third-order valence-electron chi connectivity index (χ3n) is 3.68. The highest BCUT2D eigenvalue weighted by atomic mass is 16.5. The number of rotatable bonds is 3. The Balaban J connectivity index is 1.79. The van der Waals surface area contributed by atoms with Crippen LogP contribution in [0.3, 0.4) is 0 Å². The molecule has 0 spiro atoms. The third-order valence-corrected chi connectivity index (χ3v) is 3.68. The molecule has 0 unspecified atom stereocenters. The maximum Gasteiger partial charge on any atom is 0.105 e. The number of ether oxygens (including phenoxy) is 1. The van der Waals surface area contributed by atoms with Gasteiger partial charge in [0.15, 0.2) is 0 Å². The molecule has 3 rings (SSSR count). The van der Waals surface area contributed by atoms with Gasteiger partial charge in [0.2, 0.25) is 0 Å². The van der Waals surface area contributed by atoms with Crippen LogP contribution in [0, 0.1) is 0 Å². The van der Waals surface area contributed by atoms with Gasteiger partial charge < -0.3 is 9.84 Å². The molecule has 98 valence electrons. The van der Waals surface area contributed by atoms with Gasteiger partial charge in [0.25, 0.3) is 0 Å². The van der Waals surface area contributed by atoms with Crippen LogP contribution in [0.15, 0.2) is 54.6 Å². The quantitative estimate of drug-likeness (QED) is 0.907. The first kappa shape index (κ1) is 12.4. The Hall–Kier alpha value is -1.64. The fourth-order valence-electron chi connectivity index (χ4n) is 2.57. The van der Waals surface area contributed by atoms with E-state index in [0.29, 0.717) is 0 Å². The van der Waals surface area contributed by atoms with Crippen molar-refractivity contribution in [1.29, 1.82) is 0 Å². The van der Waals surface area contributed by atoms with E-state index in [-0.39, 0.29) is 6.10 Å². The molecule has 0 aromatic heterocycles. The summed E-state index contributed by atoms with van der Waals surface area (Å²) in [7, 11) is 0. The van der Waals surface area contributed by atoms with Crippen molar-refractivity contribution in [2.24, 2.45) is 0 Å². The number of benzene rings is 2. The minimum Gasteiger partial charge on any atom is -0.386 e. The lowest BCUT2D eigenvalue weighted by molar-refractivity contribution is -0.00257. The van der Waals surface area contributed by atoms with Crippen LogP contribution in [0.1, 0.15) is 24.5 Å². The topological polar surface area (TPSA) is 29.5 Å². The van der Waals surface area contributed by atoms with Gasteiger partial charge in [-0.2, -0.15) is 0 Å². The number of aliphatic hydroxyl groups is 1. The minimum absolute atomic E-state index is 0.0393. The Labute approximate surface area is 113 Å². The summed E-state index contributed by atoms with van der Waals surface area (Å²) >= 11 is 0. The summed E-state index contributed by atoms with van der Waals surface area (Å²) in [5.41, 5.74) is 3.30. The number of aliphatic hydroxyl groups excluding tert-OH is 1. The van der Waals surface area contributed by atoms with Gasteiger partial charge in [0.05, 0.1) is 6.10 Å². The molecule has 19 heavy (non-hydrogen) atoms. The summed E-state index contributed by atoms with van der Waals surface area (Å²) in [5, 5.41) is 10.3. The molecule has 0 aliphatic carbocycles. The smallest absolute Gasteiger partial charge is 0.105 e. The van der Waals surface area contributed by atoms with E-state index in [1.54, 1.807) is 0 Å². The molecule has 2 heteroatoms. The van der Waals surface area contributed by atoms with E-state index in [2.05, 4.69) is 24.3 Å². The highest BCUT2D eigenvalue weighted by Crippen LogP contribution is 2.28. The first-order valence-corrected chi connectivity index (χ1v) is 6.79. The zero-order valence-corrected chi connectivity index (χ0v) is 10.8. The molecule has 1 N–H and O–H groups in total.